The van der Waals surface area contributed by atoms with Crippen molar-refractivity contribution in [1.29, 1.82) is 0 Å². The molecule has 2 aromatic carbocycles. The Kier molecular flexibility index (Phi) is 5.53. The van der Waals surface area contributed by atoms with Crippen molar-refractivity contribution in [1.82, 2.24) is 0 Å². The van der Waals surface area contributed by atoms with Crippen molar-refractivity contribution < 1.29 is 27.1 Å². The fourth-order valence-corrected chi connectivity index (χ4v) is 2.38. The summed E-state index contributed by atoms with van der Waals surface area (Å²) in [6.45, 7) is 1.90. The molecule has 0 aromatic heterocycles. The maximum absolute atomic E-state index is 13.7. The Labute approximate surface area is 139 Å². The van der Waals surface area contributed by atoms with Crippen molar-refractivity contribution in [3.8, 4) is 5.75 Å². The maximum atomic E-state index is 13.7. The molecule has 6 nitrogen and oxygen atoms in total. The van der Waals surface area contributed by atoms with E-state index in [4.69, 9.17) is 14.6 Å². The highest BCUT2D eigenvalue weighted by atomic mass is 32.2. The zero-order valence-corrected chi connectivity index (χ0v) is 13.7. The molecule has 0 aliphatic heterocycles. The molecule has 0 bridgehead atoms. The molecule has 0 fully saturated rings. The number of aryl methyl sites for hydroxylation is 1. The predicted octanol–water partition coefficient (Wildman–Crippen LogP) is 2.02. The van der Waals surface area contributed by atoms with Crippen LogP contribution in [0.15, 0.2) is 47.4 Å². The summed E-state index contributed by atoms with van der Waals surface area (Å²) in [5, 5.41) is 4.95. The van der Waals surface area contributed by atoms with E-state index >= 15 is 0 Å². The van der Waals surface area contributed by atoms with Crippen LogP contribution in [0, 0.1) is 12.7 Å². The average molecular weight is 353 g/mol. The Hall–Kier alpha value is -2.45. The predicted molar refractivity (Wildman–Crippen MR) is 84.7 cm³/mol. The second-order valence-electron chi connectivity index (χ2n) is 4.98. The van der Waals surface area contributed by atoms with Gasteiger partial charge in [0.25, 0.3) is 0 Å². The largest absolute Gasteiger partial charge is 0.490 e. The van der Waals surface area contributed by atoms with Crippen molar-refractivity contribution >= 4 is 16.0 Å². The van der Waals surface area contributed by atoms with E-state index < -0.39 is 27.4 Å². The highest BCUT2D eigenvalue weighted by Crippen LogP contribution is 2.15. The fourth-order valence-electron chi connectivity index (χ4n) is 1.84. The van der Waals surface area contributed by atoms with Crippen LogP contribution < -0.4 is 9.88 Å². The molecular formula is C16H16FNO5S. The quantitative estimate of drug-likeness (QED) is 0.633. The summed E-state index contributed by atoms with van der Waals surface area (Å²) in [6, 6.07) is 9.94. The minimum Gasteiger partial charge on any atom is -0.490 e. The fraction of sp³-hybridized carbons (Fsp3) is 0.188. The van der Waals surface area contributed by atoms with E-state index in [9.17, 15) is 17.6 Å². The van der Waals surface area contributed by atoms with Crippen LogP contribution in [0.2, 0.25) is 0 Å². The number of hydrogen-bond donors (Lipinski definition) is 1. The second-order valence-corrected chi connectivity index (χ2v) is 6.55. The number of primary sulfonamides is 1. The molecule has 0 spiro atoms. The number of sulfonamides is 1. The molecule has 0 unspecified atom stereocenters. The molecule has 0 amide bonds. The third-order valence-corrected chi connectivity index (χ3v) is 4.00. The number of halogens is 1. The Bertz CT molecular complexity index is 834. The summed E-state index contributed by atoms with van der Waals surface area (Å²) in [5.74, 6) is -1.28. The third-order valence-electron chi connectivity index (χ3n) is 3.09. The van der Waals surface area contributed by atoms with E-state index in [1.54, 1.807) is 12.1 Å². The molecule has 0 radical (unpaired) electrons. The standard InChI is InChI=1S/C16H16FNO5S/c1-11-2-4-12(5-3-11)22-8-9-23-16(19)14-10-13(24(18,20)21)6-7-15(14)17/h2-7,10H,8-9H2,1H3,(H2,18,20,21). The molecule has 0 aliphatic carbocycles. The normalized spacial score (nSPS) is 11.1. The first-order chi connectivity index (χ1) is 11.3. The topological polar surface area (TPSA) is 95.7 Å². The Morgan fingerprint density at radius 1 is 1.12 bits per heavy atom. The second kappa shape index (κ2) is 7.41. The minimum absolute atomic E-state index is 0.0747. The summed E-state index contributed by atoms with van der Waals surface area (Å²) in [7, 11) is -4.04. The summed E-state index contributed by atoms with van der Waals surface area (Å²) < 4.78 is 46.4. The van der Waals surface area contributed by atoms with Crippen LogP contribution in [0.1, 0.15) is 15.9 Å². The van der Waals surface area contributed by atoms with Gasteiger partial charge in [-0.1, -0.05) is 17.7 Å². The lowest BCUT2D eigenvalue weighted by Gasteiger charge is -2.09. The van der Waals surface area contributed by atoms with Gasteiger partial charge in [-0.15, -0.1) is 0 Å². The van der Waals surface area contributed by atoms with Gasteiger partial charge >= 0.3 is 5.97 Å². The van der Waals surface area contributed by atoms with Crippen molar-refractivity contribution in [2.45, 2.75) is 11.8 Å². The lowest BCUT2D eigenvalue weighted by Crippen LogP contribution is -2.16. The van der Waals surface area contributed by atoms with Crippen molar-refractivity contribution in [3.63, 3.8) is 0 Å². The number of carbonyl (C=O) groups excluding carboxylic acids is 1. The van der Waals surface area contributed by atoms with Gasteiger partial charge in [0.05, 0.1) is 10.5 Å². The van der Waals surface area contributed by atoms with E-state index in [0.29, 0.717) is 5.75 Å². The lowest BCUT2D eigenvalue weighted by atomic mass is 10.2. The summed E-state index contributed by atoms with van der Waals surface area (Å²) in [6.07, 6.45) is 0. The van der Waals surface area contributed by atoms with Gasteiger partial charge < -0.3 is 9.47 Å². The van der Waals surface area contributed by atoms with Crippen LogP contribution in [-0.2, 0) is 14.8 Å². The van der Waals surface area contributed by atoms with Gasteiger partial charge in [-0.2, -0.15) is 0 Å². The molecule has 0 saturated carbocycles. The number of carbonyl (C=O) groups is 1. The van der Waals surface area contributed by atoms with Gasteiger partial charge in [-0.05, 0) is 37.3 Å². The monoisotopic (exact) mass is 353 g/mol. The molecular weight excluding hydrogens is 337 g/mol. The summed E-state index contributed by atoms with van der Waals surface area (Å²) in [4.78, 5) is 11.5. The number of benzene rings is 2. The Morgan fingerprint density at radius 3 is 2.42 bits per heavy atom. The van der Waals surface area contributed by atoms with E-state index in [1.807, 2.05) is 19.1 Å². The van der Waals surface area contributed by atoms with Crippen LogP contribution in [-0.4, -0.2) is 27.6 Å². The van der Waals surface area contributed by atoms with Crippen molar-refractivity contribution in [2.75, 3.05) is 13.2 Å². The highest BCUT2D eigenvalue weighted by molar-refractivity contribution is 7.89. The number of esters is 1. The molecule has 24 heavy (non-hydrogen) atoms. The molecule has 8 heteroatoms. The number of ether oxygens (including phenoxy) is 2. The first-order valence-corrected chi connectivity index (χ1v) is 8.51. The molecule has 2 N–H and O–H groups in total. The Morgan fingerprint density at radius 2 is 1.79 bits per heavy atom. The molecule has 128 valence electrons. The van der Waals surface area contributed by atoms with Crippen LogP contribution >= 0.6 is 0 Å². The van der Waals surface area contributed by atoms with Crippen LogP contribution in [0.5, 0.6) is 5.75 Å². The third kappa shape index (κ3) is 4.77. The molecule has 0 atom stereocenters. The van der Waals surface area contributed by atoms with Gasteiger partial charge in [0.2, 0.25) is 10.0 Å². The van der Waals surface area contributed by atoms with Crippen LogP contribution in [0.4, 0.5) is 4.39 Å². The first kappa shape index (κ1) is 17.9. The van der Waals surface area contributed by atoms with Gasteiger partial charge in [0.1, 0.15) is 24.8 Å². The van der Waals surface area contributed by atoms with E-state index in [-0.39, 0.29) is 18.1 Å². The SMILES string of the molecule is Cc1ccc(OCCOC(=O)c2cc(S(N)(=O)=O)ccc2F)cc1. The number of hydrogen-bond acceptors (Lipinski definition) is 5. The van der Waals surface area contributed by atoms with E-state index in [0.717, 1.165) is 23.8 Å². The van der Waals surface area contributed by atoms with E-state index in [2.05, 4.69) is 0 Å². The summed E-state index contributed by atoms with van der Waals surface area (Å²) >= 11 is 0. The zero-order chi connectivity index (χ0) is 17.7. The Balaban J connectivity index is 1.94. The van der Waals surface area contributed by atoms with Gasteiger partial charge in [-0.3, -0.25) is 0 Å². The highest BCUT2D eigenvalue weighted by Gasteiger charge is 2.17. The minimum atomic E-state index is -4.04. The van der Waals surface area contributed by atoms with Gasteiger partial charge in [-0.25, -0.2) is 22.7 Å². The van der Waals surface area contributed by atoms with Crippen LogP contribution in [0.3, 0.4) is 0 Å². The lowest BCUT2D eigenvalue weighted by molar-refractivity contribution is 0.0445. The van der Waals surface area contributed by atoms with Crippen molar-refractivity contribution in [2.24, 2.45) is 5.14 Å². The molecule has 0 aliphatic rings. The van der Waals surface area contributed by atoms with Crippen molar-refractivity contribution in [3.05, 3.63) is 59.4 Å². The number of rotatable bonds is 6. The zero-order valence-electron chi connectivity index (χ0n) is 12.9. The van der Waals surface area contributed by atoms with E-state index in [1.165, 1.54) is 0 Å². The smallest absolute Gasteiger partial charge is 0.341 e. The molecule has 0 saturated heterocycles. The molecule has 2 aromatic rings. The van der Waals surface area contributed by atoms with Crippen LogP contribution in [0.25, 0.3) is 0 Å². The first-order valence-electron chi connectivity index (χ1n) is 6.96. The number of nitrogens with two attached hydrogens (primary N) is 1. The molecule has 0 heterocycles. The van der Waals surface area contributed by atoms with Gasteiger partial charge in [0, 0.05) is 0 Å². The summed E-state index contributed by atoms with van der Waals surface area (Å²) in [5.41, 5.74) is 0.579. The van der Waals surface area contributed by atoms with Gasteiger partial charge in [0.15, 0.2) is 0 Å². The average Bonchev–Trinajstić information content (AvgIpc) is 2.52. The molecule has 2 rings (SSSR count). The maximum Gasteiger partial charge on any atom is 0.341 e.